The van der Waals surface area contributed by atoms with E-state index in [4.69, 9.17) is 0 Å². The van der Waals surface area contributed by atoms with E-state index in [-0.39, 0.29) is 4.90 Å². The first-order valence-electron chi connectivity index (χ1n) is 7.28. The second kappa shape index (κ2) is 6.84. The summed E-state index contributed by atoms with van der Waals surface area (Å²) in [6.45, 7) is 5.97. The molecule has 5 heteroatoms. The molecule has 22 heavy (non-hydrogen) atoms. The van der Waals surface area contributed by atoms with Crippen LogP contribution in [0.25, 0.3) is 0 Å². The van der Waals surface area contributed by atoms with Gasteiger partial charge in [-0.15, -0.1) is 0 Å². The van der Waals surface area contributed by atoms with Crippen molar-refractivity contribution >= 4 is 31.6 Å². The molecule has 0 unspecified atom stereocenters. The SMILES string of the molecule is CCc1cc(Br)cc(CC)c1NS(=O)(=O)c1ccc(C)cc1. The molecule has 2 aromatic rings. The van der Waals surface area contributed by atoms with Crippen molar-refractivity contribution in [2.75, 3.05) is 4.72 Å². The fourth-order valence-electron chi connectivity index (χ4n) is 2.32. The topological polar surface area (TPSA) is 46.2 Å². The lowest BCUT2D eigenvalue weighted by atomic mass is 10.0. The van der Waals surface area contributed by atoms with E-state index < -0.39 is 10.0 Å². The molecular weight excluding hydrogens is 362 g/mol. The molecule has 3 nitrogen and oxygen atoms in total. The zero-order chi connectivity index (χ0) is 16.3. The van der Waals surface area contributed by atoms with Crippen LogP contribution in [0.3, 0.4) is 0 Å². The Hall–Kier alpha value is -1.33. The van der Waals surface area contributed by atoms with Gasteiger partial charge in [-0.1, -0.05) is 47.5 Å². The predicted molar refractivity (Wildman–Crippen MR) is 94.9 cm³/mol. The zero-order valence-electron chi connectivity index (χ0n) is 13.0. The van der Waals surface area contributed by atoms with E-state index in [1.54, 1.807) is 24.3 Å². The standard InChI is InChI=1S/C17H20BrNO2S/c1-4-13-10-15(18)11-14(5-2)17(13)19-22(20,21)16-8-6-12(3)7-9-16/h6-11,19H,4-5H2,1-3H3. The number of hydrogen-bond donors (Lipinski definition) is 1. The smallest absolute Gasteiger partial charge is 0.261 e. The van der Waals surface area contributed by atoms with E-state index in [0.29, 0.717) is 5.69 Å². The molecule has 1 N–H and O–H groups in total. The van der Waals surface area contributed by atoms with Crippen LogP contribution < -0.4 is 4.72 Å². The number of hydrogen-bond acceptors (Lipinski definition) is 2. The number of nitrogens with one attached hydrogen (secondary N) is 1. The Morgan fingerprint density at radius 1 is 1.00 bits per heavy atom. The van der Waals surface area contributed by atoms with Gasteiger partial charge in [-0.05, 0) is 55.2 Å². The van der Waals surface area contributed by atoms with Gasteiger partial charge in [0.1, 0.15) is 0 Å². The fraction of sp³-hybridized carbons (Fsp3) is 0.294. The highest BCUT2D eigenvalue weighted by atomic mass is 79.9. The molecular formula is C17H20BrNO2S. The molecule has 0 atom stereocenters. The van der Waals surface area contributed by atoms with Gasteiger partial charge in [0.05, 0.1) is 10.6 Å². The lowest BCUT2D eigenvalue weighted by molar-refractivity contribution is 0.601. The molecule has 0 fully saturated rings. The third-order valence-corrected chi connectivity index (χ3v) is 5.42. The van der Waals surface area contributed by atoms with Crippen molar-refractivity contribution < 1.29 is 8.42 Å². The molecule has 0 spiro atoms. The highest BCUT2D eigenvalue weighted by Crippen LogP contribution is 2.29. The van der Waals surface area contributed by atoms with E-state index in [0.717, 1.165) is 34.0 Å². The number of anilines is 1. The molecule has 2 aromatic carbocycles. The van der Waals surface area contributed by atoms with Gasteiger partial charge in [0, 0.05) is 4.47 Å². The van der Waals surface area contributed by atoms with E-state index >= 15 is 0 Å². The van der Waals surface area contributed by atoms with Crippen molar-refractivity contribution in [2.24, 2.45) is 0 Å². The Morgan fingerprint density at radius 2 is 1.50 bits per heavy atom. The summed E-state index contributed by atoms with van der Waals surface area (Å²) in [5.41, 5.74) is 3.71. The van der Waals surface area contributed by atoms with Crippen LogP contribution in [0.1, 0.15) is 30.5 Å². The number of benzene rings is 2. The molecule has 2 rings (SSSR count). The molecule has 0 saturated heterocycles. The average Bonchev–Trinajstić information content (AvgIpc) is 2.48. The summed E-state index contributed by atoms with van der Waals surface area (Å²) in [6.07, 6.45) is 1.52. The Bertz CT molecular complexity index is 743. The van der Waals surface area contributed by atoms with Crippen LogP contribution in [-0.4, -0.2) is 8.42 Å². The summed E-state index contributed by atoms with van der Waals surface area (Å²) in [5, 5.41) is 0. The summed E-state index contributed by atoms with van der Waals surface area (Å²) in [6, 6.07) is 10.8. The maximum absolute atomic E-state index is 12.6. The monoisotopic (exact) mass is 381 g/mol. The lowest BCUT2D eigenvalue weighted by Gasteiger charge is -2.16. The van der Waals surface area contributed by atoms with Gasteiger partial charge < -0.3 is 0 Å². The number of rotatable bonds is 5. The second-order valence-corrected chi connectivity index (χ2v) is 7.82. The van der Waals surface area contributed by atoms with Gasteiger partial charge >= 0.3 is 0 Å². The van der Waals surface area contributed by atoms with Crippen molar-refractivity contribution in [1.82, 2.24) is 0 Å². The van der Waals surface area contributed by atoms with E-state index in [9.17, 15) is 8.42 Å². The van der Waals surface area contributed by atoms with Crippen LogP contribution in [0.2, 0.25) is 0 Å². The van der Waals surface area contributed by atoms with Crippen molar-refractivity contribution in [3.8, 4) is 0 Å². The quantitative estimate of drug-likeness (QED) is 0.816. The van der Waals surface area contributed by atoms with Gasteiger partial charge in [-0.25, -0.2) is 8.42 Å². The van der Waals surface area contributed by atoms with Gasteiger partial charge in [0.2, 0.25) is 0 Å². The van der Waals surface area contributed by atoms with Crippen LogP contribution in [0.4, 0.5) is 5.69 Å². The van der Waals surface area contributed by atoms with Crippen molar-refractivity contribution in [1.29, 1.82) is 0 Å². The lowest BCUT2D eigenvalue weighted by Crippen LogP contribution is -2.15. The maximum Gasteiger partial charge on any atom is 0.261 e. The Balaban J connectivity index is 2.47. The van der Waals surface area contributed by atoms with Gasteiger partial charge in [0.25, 0.3) is 10.0 Å². The van der Waals surface area contributed by atoms with Crippen LogP contribution in [0.15, 0.2) is 45.8 Å². The highest BCUT2D eigenvalue weighted by Gasteiger charge is 2.18. The van der Waals surface area contributed by atoms with Crippen LogP contribution >= 0.6 is 15.9 Å². The minimum absolute atomic E-state index is 0.283. The number of sulfonamides is 1. The molecule has 0 aliphatic rings. The number of aryl methyl sites for hydroxylation is 3. The minimum Gasteiger partial charge on any atom is -0.279 e. The normalized spacial score (nSPS) is 11.5. The molecule has 0 bridgehead atoms. The second-order valence-electron chi connectivity index (χ2n) is 5.22. The fourth-order valence-corrected chi connectivity index (χ4v) is 4.02. The molecule has 0 aliphatic heterocycles. The first-order valence-corrected chi connectivity index (χ1v) is 9.55. The van der Waals surface area contributed by atoms with Crippen LogP contribution in [-0.2, 0) is 22.9 Å². The molecule has 0 aromatic heterocycles. The van der Waals surface area contributed by atoms with E-state index in [2.05, 4.69) is 20.7 Å². The Kier molecular flexibility index (Phi) is 5.29. The first kappa shape index (κ1) is 17.0. The van der Waals surface area contributed by atoms with Crippen molar-refractivity contribution in [3.05, 3.63) is 57.6 Å². The summed E-state index contributed by atoms with van der Waals surface area (Å²) in [7, 11) is -3.57. The predicted octanol–water partition coefficient (Wildman–Crippen LogP) is 4.68. The third kappa shape index (κ3) is 3.70. The Morgan fingerprint density at radius 3 is 1.95 bits per heavy atom. The molecule has 0 radical (unpaired) electrons. The van der Waals surface area contributed by atoms with Crippen LogP contribution in [0.5, 0.6) is 0 Å². The van der Waals surface area contributed by atoms with Crippen LogP contribution in [0, 0.1) is 6.92 Å². The summed E-state index contributed by atoms with van der Waals surface area (Å²) < 4.78 is 29.0. The zero-order valence-corrected chi connectivity index (χ0v) is 15.4. The summed E-state index contributed by atoms with van der Waals surface area (Å²) in [4.78, 5) is 0.283. The third-order valence-electron chi connectivity index (χ3n) is 3.60. The first-order chi connectivity index (χ1) is 10.4. The maximum atomic E-state index is 12.6. The number of halogens is 1. The van der Waals surface area contributed by atoms with E-state index in [1.165, 1.54) is 0 Å². The van der Waals surface area contributed by atoms with Gasteiger partial charge in [-0.3, -0.25) is 4.72 Å². The Labute approximate surface area is 140 Å². The minimum atomic E-state index is -3.57. The molecule has 0 aliphatic carbocycles. The summed E-state index contributed by atoms with van der Waals surface area (Å²) >= 11 is 3.48. The largest absolute Gasteiger partial charge is 0.279 e. The van der Waals surface area contributed by atoms with Crippen molar-refractivity contribution in [2.45, 2.75) is 38.5 Å². The highest BCUT2D eigenvalue weighted by molar-refractivity contribution is 9.10. The molecule has 118 valence electrons. The van der Waals surface area contributed by atoms with Gasteiger partial charge in [-0.2, -0.15) is 0 Å². The van der Waals surface area contributed by atoms with E-state index in [1.807, 2.05) is 32.9 Å². The van der Waals surface area contributed by atoms with Gasteiger partial charge in [0.15, 0.2) is 0 Å². The van der Waals surface area contributed by atoms with Crippen molar-refractivity contribution in [3.63, 3.8) is 0 Å². The molecule has 0 heterocycles. The molecule has 0 saturated carbocycles. The summed E-state index contributed by atoms with van der Waals surface area (Å²) in [5.74, 6) is 0. The molecule has 0 amide bonds. The average molecular weight is 382 g/mol.